The molecular weight excluding hydrogens is 330 g/mol. The fourth-order valence-corrected chi connectivity index (χ4v) is 3.81. The molecule has 134 valence electrons. The van der Waals surface area contributed by atoms with Gasteiger partial charge in [0.1, 0.15) is 6.61 Å². The quantitative estimate of drug-likeness (QED) is 0.857. The number of hydrogen-bond donors (Lipinski definition) is 1. The highest BCUT2D eigenvalue weighted by molar-refractivity contribution is 5.79. The molecule has 1 saturated heterocycles. The third-order valence-electron chi connectivity index (χ3n) is 5.12. The van der Waals surface area contributed by atoms with Gasteiger partial charge in [-0.3, -0.25) is 4.79 Å². The molecular formula is C21H21NO4. The van der Waals surface area contributed by atoms with Crippen LogP contribution in [-0.2, 0) is 14.3 Å². The fraction of sp³-hybridized carbons (Fsp3) is 0.333. The van der Waals surface area contributed by atoms with Gasteiger partial charge in [-0.2, -0.15) is 0 Å². The van der Waals surface area contributed by atoms with Crippen LogP contribution in [0.25, 0.3) is 11.1 Å². The zero-order valence-electron chi connectivity index (χ0n) is 14.4. The molecule has 2 aliphatic rings. The number of fused-ring (bicyclic) bond motifs is 3. The molecule has 2 aromatic carbocycles. The lowest BCUT2D eigenvalue weighted by molar-refractivity contribution is -0.124. The lowest BCUT2D eigenvalue weighted by Gasteiger charge is -2.21. The molecule has 0 radical (unpaired) electrons. The maximum Gasteiger partial charge on any atom is 0.508 e. The Kier molecular flexibility index (Phi) is 4.61. The molecule has 0 saturated carbocycles. The molecule has 26 heavy (non-hydrogen) atoms. The van der Waals surface area contributed by atoms with Crippen molar-refractivity contribution < 1.29 is 19.1 Å². The molecule has 0 spiro atoms. The van der Waals surface area contributed by atoms with E-state index in [1.807, 2.05) is 24.3 Å². The van der Waals surface area contributed by atoms with Crippen LogP contribution in [0.15, 0.2) is 48.5 Å². The number of hydrogen-bond acceptors (Lipinski definition) is 4. The lowest BCUT2D eigenvalue weighted by atomic mass is 9.98. The Morgan fingerprint density at radius 1 is 0.962 bits per heavy atom. The average molecular weight is 351 g/mol. The standard InChI is InChI=1S/C21H21NO4/c23-20-11-14(9-10-22-20)12-25-21(24)26-13-19-17-7-3-1-5-15(17)16-6-2-4-8-18(16)19/h1-8,14,19H,9-13H2,(H,22,23). The van der Waals surface area contributed by atoms with Gasteiger partial charge in [0.15, 0.2) is 0 Å². The number of piperidine rings is 1. The molecule has 1 atom stereocenters. The van der Waals surface area contributed by atoms with Gasteiger partial charge in [-0.1, -0.05) is 48.5 Å². The maximum absolute atomic E-state index is 12.0. The van der Waals surface area contributed by atoms with E-state index in [2.05, 4.69) is 29.6 Å². The summed E-state index contributed by atoms with van der Waals surface area (Å²) in [6.45, 7) is 1.11. The van der Waals surface area contributed by atoms with Gasteiger partial charge in [0, 0.05) is 24.8 Å². The number of rotatable bonds is 4. The van der Waals surface area contributed by atoms with Crippen LogP contribution in [0.3, 0.4) is 0 Å². The first-order valence-electron chi connectivity index (χ1n) is 8.97. The van der Waals surface area contributed by atoms with Gasteiger partial charge in [0.25, 0.3) is 0 Å². The van der Waals surface area contributed by atoms with Crippen molar-refractivity contribution >= 4 is 12.1 Å². The summed E-state index contributed by atoms with van der Waals surface area (Å²) in [6, 6.07) is 16.4. The molecule has 1 aliphatic heterocycles. The second-order valence-electron chi connectivity index (χ2n) is 6.81. The minimum Gasteiger partial charge on any atom is -0.434 e. The minimum absolute atomic E-state index is 0.0115. The van der Waals surface area contributed by atoms with E-state index in [4.69, 9.17) is 9.47 Å². The van der Waals surface area contributed by atoms with Crippen LogP contribution in [0.5, 0.6) is 0 Å². The Morgan fingerprint density at radius 2 is 1.58 bits per heavy atom. The van der Waals surface area contributed by atoms with E-state index in [9.17, 15) is 9.59 Å². The molecule has 5 nitrogen and oxygen atoms in total. The van der Waals surface area contributed by atoms with Crippen molar-refractivity contribution in [3.8, 4) is 11.1 Å². The monoisotopic (exact) mass is 351 g/mol. The fourth-order valence-electron chi connectivity index (χ4n) is 3.81. The number of ether oxygens (including phenoxy) is 2. The molecule has 1 fully saturated rings. The number of carbonyl (C=O) groups is 2. The molecule has 1 amide bonds. The van der Waals surface area contributed by atoms with E-state index in [0.717, 1.165) is 6.42 Å². The topological polar surface area (TPSA) is 64.6 Å². The molecule has 0 aromatic heterocycles. The Bertz CT molecular complexity index is 787. The van der Waals surface area contributed by atoms with Gasteiger partial charge in [-0.25, -0.2) is 4.79 Å². The van der Waals surface area contributed by atoms with Gasteiger partial charge in [-0.05, 0) is 28.7 Å². The summed E-state index contributed by atoms with van der Waals surface area (Å²) >= 11 is 0. The van der Waals surface area contributed by atoms with Crippen molar-refractivity contribution in [2.45, 2.75) is 18.8 Å². The van der Waals surface area contributed by atoms with E-state index in [0.29, 0.717) is 13.0 Å². The largest absolute Gasteiger partial charge is 0.508 e. The zero-order chi connectivity index (χ0) is 17.9. The molecule has 1 heterocycles. The van der Waals surface area contributed by atoms with Crippen molar-refractivity contribution in [2.75, 3.05) is 19.8 Å². The number of benzene rings is 2. The maximum atomic E-state index is 12.0. The zero-order valence-corrected chi connectivity index (χ0v) is 14.4. The van der Waals surface area contributed by atoms with E-state index < -0.39 is 6.16 Å². The number of carbonyl (C=O) groups excluding carboxylic acids is 2. The van der Waals surface area contributed by atoms with Gasteiger partial charge in [-0.15, -0.1) is 0 Å². The van der Waals surface area contributed by atoms with E-state index in [1.54, 1.807) is 0 Å². The summed E-state index contributed by atoms with van der Waals surface area (Å²) in [6.07, 6.45) is 0.553. The second kappa shape index (κ2) is 7.20. The molecule has 1 N–H and O–H groups in total. The summed E-state index contributed by atoms with van der Waals surface area (Å²) in [5, 5.41) is 2.77. The third kappa shape index (κ3) is 3.29. The molecule has 4 rings (SSSR count). The summed E-state index contributed by atoms with van der Waals surface area (Å²) in [5.74, 6) is 0.108. The van der Waals surface area contributed by atoms with Gasteiger partial charge in [0.2, 0.25) is 5.91 Å². The van der Waals surface area contributed by atoms with Crippen molar-refractivity contribution in [3.05, 3.63) is 59.7 Å². The Hall–Kier alpha value is -2.82. The van der Waals surface area contributed by atoms with Crippen LogP contribution in [-0.4, -0.2) is 31.8 Å². The van der Waals surface area contributed by atoms with Gasteiger partial charge >= 0.3 is 6.16 Å². The number of amides is 1. The van der Waals surface area contributed by atoms with Crippen molar-refractivity contribution in [3.63, 3.8) is 0 Å². The molecule has 0 bridgehead atoms. The van der Waals surface area contributed by atoms with Crippen molar-refractivity contribution in [1.82, 2.24) is 5.32 Å². The first-order chi connectivity index (χ1) is 12.7. The smallest absolute Gasteiger partial charge is 0.434 e. The van der Waals surface area contributed by atoms with E-state index in [-0.39, 0.29) is 31.0 Å². The van der Waals surface area contributed by atoms with Crippen LogP contribution >= 0.6 is 0 Å². The van der Waals surface area contributed by atoms with Crippen molar-refractivity contribution in [2.24, 2.45) is 5.92 Å². The predicted molar refractivity (Wildman–Crippen MR) is 96.8 cm³/mol. The summed E-state index contributed by atoms with van der Waals surface area (Å²) in [7, 11) is 0. The van der Waals surface area contributed by atoms with Crippen LogP contribution in [0.4, 0.5) is 4.79 Å². The van der Waals surface area contributed by atoms with Crippen LogP contribution in [0, 0.1) is 5.92 Å². The van der Waals surface area contributed by atoms with Gasteiger partial charge in [0.05, 0.1) is 6.61 Å². The highest BCUT2D eigenvalue weighted by Crippen LogP contribution is 2.44. The van der Waals surface area contributed by atoms with Gasteiger partial charge < -0.3 is 14.8 Å². The van der Waals surface area contributed by atoms with E-state index in [1.165, 1.54) is 22.3 Å². The van der Waals surface area contributed by atoms with Crippen LogP contribution in [0.2, 0.25) is 0 Å². The Morgan fingerprint density at radius 3 is 2.23 bits per heavy atom. The predicted octanol–water partition coefficient (Wildman–Crippen LogP) is 3.48. The lowest BCUT2D eigenvalue weighted by Crippen LogP contribution is -2.35. The highest BCUT2D eigenvalue weighted by Gasteiger charge is 2.29. The molecule has 2 aromatic rings. The van der Waals surface area contributed by atoms with E-state index >= 15 is 0 Å². The minimum atomic E-state index is -0.669. The van der Waals surface area contributed by atoms with Crippen LogP contribution < -0.4 is 5.32 Å². The normalized spacial score (nSPS) is 18.6. The summed E-state index contributed by atoms with van der Waals surface area (Å²) in [5.41, 5.74) is 4.73. The highest BCUT2D eigenvalue weighted by atomic mass is 16.7. The third-order valence-corrected chi connectivity index (χ3v) is 5.12. The first-order valence-corrected chi connectivity index (χ1v) is 8.97. The van der Waals surface area contributed by atoms with Crippen molar-refractivity contribution in [1.29, 1.82) is 0 Å². The Balaban J connectivity index is 1.37. The summed E-state index contributed by atoms with van der Waals surface area (Å²) in [4.78, 5) is 23.4. The SMILES string of the molecule is O=C1CC(COC(=O)OCC2c3ccccc3-c3ccccc32)CCN1. The molecule has 1 unspecified atom stereocenters. The first kappa shape index (κ1) is 16.6. The van der Waals surface area contributed by atoms with Crippen LogP contribution in [0.1, 0.15) is 29.9 Å². The number of nitrogens with one attached hydrogen (secondary N) is 1. The molecule has 1 aliphatic carbocycles. The Labute approximate surface area is 152 Å². The molecule has 5 heteroatoms. The average Bonchev–Trinajstić information content (AvgIpc) is 2.99. The summed E-state index contributed by atoms with van der Waals surface area (Å²) < 4.78 is 10.6. The second-order valence-corrected chi connectivity index (χ2v) is 6.81.